The van der Waals surface area contributed by atoms with Gasteiger partial charge in [0.25, 0.3) is 0 Å². The summed E-state index contributed by atoms with van der Waals surface area (Å²) in [6, 6.07) is 21.6. The van der Waals surface area contributed by atoms with Crippen molar-refractivity contribution in [1.29, 1.82) is 0 Å². The van der Waals surface area contributed by atoms with Crippen LogP contribution in [0.25, 0.3) is 0 Å². The summed E-state index contributed by atoms with van der Waals surface area (Å²) in [5, 5.41) is 1.65. The van der Waals surface area contributed by atoms with Crippen molar-refractivity contribution >= 4 is 23.2 Å². The summed E-state index contributed by atoms with van der Waals surface area (Å²) in [6.45, 7) is 11.2. The molecule has 0 heterocycles. The Hall–Kier alpha value is -1.76. The van der Waals surface area contributed by atoms with E-state index in [0.717, 1.165) is 22.9 Å². The molecule has 0 nitrogen and oxygen atoms in total. The normalized spacial score (nSPS) is 13.5. The van der Waals surface area contributed by atoms with Crippen molar-refractivity contribution in [1.82, 2.24) is 0 Å². The maximum atomic E-state index is 6.52. The standard InChI is InChI=1S/C28H32Cl2/c1-18(2)24-11-19(3)10-22(14-24)12-20(4)25-15-23(16-26(29)17-25)13-21(5)27-8-6-7-9-28(27)30/h6-11,14-18,20-21H,12-13H2,1-5H3. The van der Waals surface area contributed by atoms with Crippen molar-refractivity contribution in [2.24, 2.45) is 0 Å². The molecule has 158 valence electrons. The number of halogens is 2. The van der Waals surface area contributed by atoms with Gasteiger partial charge in [-0.05, 0) is 83.5 Å². The van der Waals surface area contributed by atoms with Crippen LogP contribution >= 0.6 is 23.2 Å². The molecule has 0 aliphatic carbocycles. The smallest absolute Gasteiger partial charge is 0.0440 e. The van der Waals surface area contributed by atoms with E-state index in [1.54, 1.807) is 0 Å². The summed E-state index contributed by atoms with van der Waals surface area (Å²) < 4.78 is 0. The van der Waals surface area contributed by atoms with Crippen LogP contribution in [0.1, 0.15) is 78.8 Å². The van der Waals surface area contributed by atoms with Crippen LogP contribution in [0.15, 0.2) is 60.7 Å². The molecule has 0 spiro atoms. The van der Waals surface area contributed by atoms with E-state index >= 15 is 0 Å². The first-order valence-corrected chi connectivity index (χ1v) is 11.6. The van der Waals surface area contributed by atoms with Gasteiger partial charge in [0.1, 0.15) is 0 Å². The lowest BCUT2D eigenvalue weighted by Gasteiger charge is -2.18. The molecule has 0 radical (unpaired) electrons. The fourth-order valence-corrected chi connectivity index (χ4v) is 4.82. The van der Waals surface area contributed by atoms with E-state index in [-0.39, 0.29) is 0 Å². The molecule has 2 unspecified atom stereocenters. The van der Waals surface area contributed by atoms with Crippen LogP contribution in [-0.2, 0) is 12.8 Å². The molecule has 0 N–H and O–H groups in total. The fourth-order valence-electron chi connectivity index (χ4n) is 4.23. The maximum Gasteiger partial charge on any atom is 0.0440 e. The molecule has 0 fully saturated rings. The van der Waals surface area contributed by atoms with Gasteiger partial charge in [-0.3, -0.25) is 0 Å². The zero-order valence-corrected chi connectivity index (χ0v) is 20.2. The molecule has 30 heavy (non-hydrogen) atoms. The topological polar surface area (TPSA) is 0 Å². The lowest BCUT2D eigenvalue weighted by molar-refractivity contribution is 0.738. The monoisotopic (exact) mass is 438 g/mol. The van der Waals surface area contributed by atoms with Crippen molar-refractivity contribution in [2.45, 2.75) is 65.2 Å². The van der Waals surface area contributed by atoms with Crippen molar-refractivity contribution in [2.75, 3.05) is 0 Å². The zero-order chi connectivity index (χ0) is 21.8. The molecular weight excluding hydrogens is 407 g/mol. The molecule has 0 saturated carbocycles. The zero-order valence-electron chi connectivity index (χ0n) is 18.7. The second-order valence-electron chi connectivity index (χ2n) is 9.03. The van der Waals surface area contributed by atoms with E-state index in [0.29, 0.717) is 17.8 Å². The molecule has 2 atom stereocenters. The molecule has 3 aromatic rings. The Bertz CT molecular complexity index is 1000. The van der Waals surface area contributed by atoms with Gasteiger partial charge in [0, 0.05) is 10.0 Å². The van der Waals surface area contributed by atoms with Crippen LogP contribution in [0.4, 0.5) is 0 Å². The molecule has 0 bridgehead atoms. The molecule has 0 aromatic heterocycles. The molecule has 0 aliphatic heterocycles. The van der Waals surface area contributed by atoms with Crippen LogP contribution in [-0.4, -0.2) is 0 Å². The van der Waals surface area contributed by atoms with E-state index in [9.17, 15) is 0 Å². The third-order valence-electron chi connectivity index (χ3n) is 5.89. The van der Waals surface area contributed by atoms with E-state index in [1.165, 1.54) is 33.4 Å². The Balaban J connectivity index is 1.80. The van der Waals surface area contributed by atoms with Crippen molar-refractivity contribution in [3.8, 4) is 0 Å². The Labute approximate surface area is 192 Å². The highest BCUT2D eigenvalue weighted by Gasteiger charge is 2.14. The summed E-state index contributed by atoms with van der Waals surface area (Å²) in [5.74, 6) is 1.29. The maximum absolute atomic E-state index is 6.52. The highest BCUT2D eigenvalue weighted by molar-refractivity contribution is 6.31. The Morgan fingerprint density at radius 1 is 0.700 bits per heavy atom. The number of rotatable bonds is 7. The minimum atomic E-state index is 0.339. The fraction of sp³-hybridized carbons (Fsp3) is 0.357. The number of benzene rings is 3. The quantitative estimate of drug-likeness (QED) is 0.344. The largest absolute Gasteiger partial charge is 0.0843 e. The lowest BCUT2D eigenvalue weighted by atomic mass is 9.88. The van der Waals surface area contributed by atoms with Crippen LogP contribution in [0.5, 0.6) is 0 Å². The van der Waals surface area contributed by atoms with E-state index < -0.39 is 0 Å². The molecular formula is C28H32Cl2. The Kier molecular flexibility index (Phi) is 7.66. The predicted molar refractivity (Wildman–Crippen MR) is 132 cm³/mol. The van der Waals surface area contributed by atoms with Gasteiger partial charge >= 0.3 is 0 Å². The average Bonchev–Trinajstić information content (AvgIpc) is 2.67. The molecule has 3 rings (SSSR count). The van der Waals surface area contributed by atoms with Gasteiger partial charge in [-0.15, -0.1) is 0 Å². The third kappa shape index (κ3) is 5.90. The van der Waals surface area contributed by atoms with Gasteiger partial charge in [0.05, 0.1) is 0 Å². The van der Waals surface area contributed by atoms with Gasteiger partial charge in [0.15, 0.2) is 0 Å². The summed E-state index contributed by atoms with van der Waals surface area (Å²) in [5.41, 5.74) is 7.91. The average molecular weight is 439 g/mol. The number of aryl methyl sites for hydroxylation is 1. The number of hydrogen-bond donors (Lipinski definition) is 0. The van der Waals surface area contributed by atoms with Crippen LogP contribution in [0, 0.1) is 6.92 Å². The first kappa shape index (κ1) is 22.9. The Morgan fingerprint density at radius 2 is 1.33 bits per heavy atom. The van der Waals surface area contributed by atoms with Gasteiger partial charge < -0.3 is 0 Å². The summed E-state index contributed by atoms with van der Waals surface area (Å²) in [6.07, 6.45) is 1.94. The highest BCUT2D eigenvalue weighted by atomic mass is 35.5. The molecule has 0 aliphatic rings. The second-order valence-corrected chi connectivity index (χ2v) is 9.87. The summed E-state index contributed by atoms with van der Waals surface area (Å²) >= 11 is 12.9. The third-order valence-corrected chi connectivity index (χ3v) is 6.46. The minimum Gasteiger partial charge on any atom is -0.0843 e. The second kappa shape index (κ2) is 10.0. The first-order valence-electron chi connectivity index (χ1n) is 10.9. The van der Waals surface area contributed by atoms with Crippen LogP contribution in [0.2, 0.25) is 10.0 Å². The van der Waals surface area contributed by atoms with Crippen LogP contribution in [0.3, 0.4) is 0 Å². The summed E-state index contributed by atoms with van der Waals surface area (Å²) in [7, 11) is 0. The Morgan fingerprint density at radius 3 is 2.03 bits per heavy atom. The van der Waals surface area contributed by atoms with Gasteiger partial charge in [-0.1, -0.05) is 98.9 Å². The summed E-state index contributed by atoms with van der Waals surface area (Å²) in [4.78, 5) is 0. The molecule has 3 aromatic carbocycles. The van der Waals surface area contributed by atoms with Gasteiger partial charge in [-0.25, -0.2) is 0 Å². The first-order chi connectivity index (χ1) is 14.2. The predicted octanol–water partition coefficient (Wildman–Crippen LogP) is 9.12. The van der Waals surface area contributed by atoms with Crippen molar-refractivity contribution in [3.05, 3.63) is 104 Å². The van der Waals surface area contributed by atoms with Gasteiger partial charge in [0.2, 0.25) is 0 Å². The number of hydrogen-bond acceptors (Lipinski definition) is 0. The van der Waals surface area contributed by atoms with E-state index in [1.807, 2.05) is 12.1 Å². The van der Waals surface area contributed by atoms with E-state index in [2.05, 4.69) is 83.1 Å². The lowest BCUT2D eigenvalue weighted by Crippen LogP contribution is -2.04. The SMILES string of the molecule is Cc1cc(CC(C)c2cc(Cl)cc(CC(C)c3ccccc3Cl)c2)cc(C(C)C)c1. The molecule has 2 heteroatoms. The minimum absolute atomic E-state index is 0.339. The van der Waals surface area contributed by atoms with Gasteiger partial charge in [-0.2, -0.15) is 0 Å². The van der Waals surface area contributed by atoms with E-state index in [4.69, 9.17) is 23.2 Å². The molecule has 0 amide bonds. The van der Waals surface area contributed by atoms with Crippen LogP contribution < -0.4 is 0 Å². The van der Waals surface area contributed by atoms with Crippen molar-refractivity contribution < 1.29 is 0 Å². The van der Waals surface area contributed by atoms with Crippen molar-refractivity contribution in [3.63, 3.8) is 0 Å². The molecule has 0 saturated heterocycles. The highest BCUT2D eigenvalue weighted by Crippen LogP contribution is 2.31.